The monoisotopic (exact) mass is 514 g/mol. The Bertz CT molecular complexity index is 952. The Morgan fingerprint density at radius 2 is 1.70 bits per heavy atom. The number of ether oxygens (including phenoxy) is 1. The topological polar surface area (TPSA) is 90.5 Å². The van der Waals surface area contributed by atoms with E-state index in [0.717, 1.165) is 44.1 Å². The summed E-state index contributed by atoms with van der Waals surface area (Å²) in [6, 6.07) is 7.12. The molecule has 0 unspecified atom stereocenters. The van der Waals surface area contributed by atoms with E-state index in [9.17, 15) is 19.2 Å². The molecule has 1 atom stereocenters. The second-order valence-corrected chi connectivity index (χ2v) is 10.2. The maximum atomic E-state index is 13.3. The van der Waals surface area contributed by atoms with E-state index in [1.54, 1.807) is 35.8 Å². The maximum absolute atomic E-state index is 13.3. The van der Waals surface area contributed by atoms with Crippen molar-refractivity contribution >= 4 is 23.6 Å². The Kier molecular flexibility index (Phi) is 10.8. The number of aryl methyl sites for hydroxylation is 1. The number of hydrogen-bond acceptors (Lipinski definition) is 5. The number of carbonyl (C=O) groups is 4. The van der Waals surface area contributed by atoms with E-state index >= 15 is 0 Å². The summed E-state index contributed by atoms with van der Waals surface area (Å²) < 4.78 is 5.86. The summed E-state index contributed by atoms with van der Waals surface area (Å²) in [7, 11) is 5.16. The summed E-state index contributed by atoms with van der Waals surface area (Å²) in [6.07, 6.45) is 6.91. The largest absolute Gasteiger partial charge is 0.483 e. The van der Waals surface area contributed by atoms with Gasteiger partial charge in [-0.25, -0.2) is 0 Å². The van der Waals surface area contributed by atoms with E-state index in [4.69, 9.17) is 4.74 Å². The van der Waals surface area contributed by atoms with Gasteiger partial charge < -0.3 is 24.3 Å². The summed E-state index contributed by atoms with van der Waals surface area (Å²) in [6.45, 7) is 1.64. The molecule has 1 aromatic carbocycles. The van der Waals surface area contributed by atoms with E-state index in [1.807, 2.05) is 24.3 Å². The highest BCUT2D eigenvalue weighted by Crippen LogP contribution is 2.21. The van der Waals surface area contributed by atoms with E-state index in [0.29, 0.717) is 44.6 Å². The first kappa shape index (κ1) is 28.5. The van der Waals surface area contributed by atoms with Gasteiger partial charge in [-0.05, 0) is 56.6 Å². The van der Waals surface area contributed by atoms with Gasteiger partial charge in [0.15, 0.2) is 6.61 Å². The zero-order valence-electron chi connectivity index (χ0n) is 22.6. The van der Waals surface area contributed by atoms with Gasteiger partial charge in [-0.15, -0.1) is 0 Å². The minimum atomic E-state index is -0.632. The predicted octanol–water partition coefficient (Wildman–Crippen LogP) is 2.33. The molecule has 2 aliphatic heterocycles. The Morgan fingerprint density at radius 3 is 2.51 bits per heavy atom. The standard InChI is InChI=1S/C28H42N4O5/c1-29(26(34)20-32-19-9-4-5-16-25(32)33)18-11-14-23-28(36)30(2)17-10-8-13-22-12-6-7-15-24(22)37-21-27(35)31(23)3/h6-7,12,15,23H,4-5,8-11,13-14,16-21H2,1-3H3/t23-/m0/s1. The van der Waals surface area contributed by atoms with Crippen LogP contribution in [0.4, 0.5) is 0 Å². The Labute approximate surface area is 220 Å². The lowest BCUT2D eigenvalue weighted by Crippen LogP contribution is -2.50. The second kappa shape index (κ2) is 14.0. The normalized spacial score (nSPS) is 20.2. The van der Waals surface area contributed by atoms with Crippen LogP contribution in [-0.2, 0) is 25.6 Å². The fraction of sp³-hybridized carbons (Fsp3) is 0.643. The van der Waals surface area contributed by atoms with E-state index < -0.39 is 6.04 Å². The smallest absolute Gasteiger partial charge is 0.260 e. The average Bonchev–Trinajstić information content (AvgIpc) is 3.10. The van der Waals surface area contributed by atoms with Crippen LogP contribution in [0.25, 0.3) is 0 Å². The van der Waals surface area contributed by atoms with Crippen molar-refractivity contribution in [2.75, 3.05) is 53.9 Å². The first-order valence-corrected chi connectivity index (χ1v) is 13.5. The van der Waals surface area contributed by atoms with Crippen LogP contribution in [0.5, 0.6) is 5.75 Å². The molecule has 3 rings (SSSR count). The zero-order chi connectivity index (χ0) is 26.8. The molecule has 0 spiro atoms. The summed E-state index contributed by atoms with van der Waals surface area (Å²) in [5.74, 6) is 0.288. The molecule has 2 heterocycles. The minimum Gasteiger partial charge on any atom is -0.483 e. The van der Waals surface area contributed by atoms with Gasteiger partial charge >= 0.3 is 0 Å². The molecule has 0 aromatic heterocycles. The number of likely N-dealkylation sites (tertiary alicyclic amines) is 1. The number of amides is 4. The van der Waals surface area contributed by atoms with Crippen molar-refractivity contribution in [1.82, 2.24) is 19.6 Å². The molecule has 1 aromatic rings. The number of fused-ring (bicyclic) bond motifs is 1. The third-order valence-corrected chi connectivity index (χ3v) is 7.43. The lowest BCUT2D eigenvalue weighted by molar-refractivity contribution is -0.145. The molecular weight excluding hydrogens is 472 g/mol. The third-order valence-electron chi connectivity index (χ3n) is 7.43. The van der Waals surface area contributed by atoms with Crippen LogP contribution < -0.4 is 4.74 Å². The van der Waals surface area contributed by atoms with Crippen LogP contribution in [0, 0.1) is 0 Å². The molecule has 0 aliphatic carbocycles. The van der Waals surface area contributed by atoms with Gasteiger partial charge in [-0.2, -0.15) is 0 Å². The van der Waals surface area contributed by atoms with E-state index in [2.05, 4.69) is 0 Å². The van der Waals surface area contributed by atoms with Crippen LogP contribution in [0.2, 0.25) is 0 Å². The molecule has 9 nitrogen and oxygen atoms in total. The highest BCUT2D eigenvalue weighted by molar-refractivity contribution is 5.88. The van der Waals surface area contributed by atoms with Crippen molar-refractivity contribution in [2.45, 2.75) is 63.8 Å². The fourth-order valence-electron chi connectivity index (χ4n) is 4.91. The van der Waals surface area contributed by atoms with Crippen molar-refractivity contribution in [3.8, 4) is 5.75 Å². The predicted molar refractivity (Wildman–Crippen MR) is 141 cm³/mol. The summed E-state index contributed by atoms with van der Waals surface area (Å²) >= 11 is 0. The van der Waals surface area contributed by atoms with Gasteiger partial charge in [0.05, 0.1) is 6.54 Å². The van der Waals surface area contributed by atoms with Crippen LogP contribution in [0.15, 0.2) is 24.3 Å². The number of nitrogens with zero attached hydrogens (tertiary/aromatic N) is 4. The summed E-state index contributed by atoms with van der Waals surface area (Å²) in [5.41, 5.74) is 1.07. The van der Waals surface area contributed by atoms with Crippen molar-refractivity contribution in [1.29, 1.82) is 0 Å². The third kappa shape index (κ3) is 8.20. The van der Waals surface area contributed by atoms with Crippen molar-refractivity contribution in [3.63, 3.8) is 0 Å². The summed E-state index contributed by atoms with van der Waals surface area (Å²) in [5, 5.41) is 0. The van der Waals surface area contributed by atoms with Crippen LogP contribution in [0.1, 0.15) is 56.9 Å². The Balaban J connectivity index is 1.60. The summed E-state index contributed by atoms with van der Waals surface area (Å²) in [4.78, 5) is 57.8. The van der Waals surface area contributed by atoms with Crippen molar-refractivity contribution in [2.24, 2.45) is 0 Å². The van der Waals surface area contributed by atoms with Crippen LogP contribution in [-0.4, -0.2) is 103 Å². The van der Waals surface area contributed by atoms with Gasteiger partial charge in [0.1, 0.15) is 11.8 Å². The highest BCUT2D eigenvalue weighted by Gasteiger charge is 2.30. The average molecular weight is 515 g/mol. The molecule has 9 heteroatoms. The fourth-order valence-corrected chi connectivity index (χ4v) is 4.91. The highest BCUT2D eigenvalue weighted by atomic mass is 16.5. The lowest BCUT2D eigenvalue weighted by atomic mass is 10.1. The molecule has 0 saturated carbocycles. The molecule has 0 N–H and O–H groups in total. The quantitative estimate of drug-likeness (QED) is 0.581. The van der Waals surface area contributed by atoms with Gasteiger partial charge in [0, 0.05) is 47.2 Å². The van der Waals surface area contributed by atoms with Gasteiger partial charge in [-0.3, -0.25) is 19.2 Å². The van der Waals surface area contributed by atoms with Crippen molar-refractivity contribution in [3.05, 3.63) is 29.8 Å². The molecule has 0 radical (unpaired) electrons. The second-order valence-electron chi connectivity index (χ2n) is 10.2. The van der Waals surface area contributed by atoms with E-state index in [1.165, 1.54) is 4.90 Å². The molecule has 2 aliphatic rings. The van der Waals surface area contributed by atoms with Crippen LogP contribution in [0.3, 0.4) is 0 Å². The number of hydrogen-bond donors (Lipinski definition) is 0. The first-order chi connectivity index (χ1) is 17.8. The minimum absolute atomic E-state index is 0.0434. The molecule has 4 amide bonds. The van der Waals surface area contributed by atoms with Gasteiger partial charge in [0.25, 0.3) is 5.91 Å². The molecule has 204 valence electrons. The number of benzene rings is 1. The Morgan fingerprint density at radius 1 is 0.973 bits per heavy atom. The molecule has 0 bridgehead atoms. The molecule has 37 heavy (non-hydrogen) atoms. The van der Waals surface area contributed by atoms with Crippen molar-refractivity contribution < 1.29 is 23.9 Å². The van der Waals surface area contributed by atoms with Crippen LogP contribution >= 0.6 is 0 Å². The number of rotatable bonds is 6. The zero-order valence-corrected chi connectivity index (χ0v) is 22.6. The number of carbonyl (C=O) groups excluding carboxylic acids is 4. The number of likely N-dealkylation sites (N-methyl/N-ethyl adjacent to an activating group) is 3. The SMILES string of the molecule is CN(CCC[C@H]1C(=O)N(C)CCCCc2ccccc2OCC(=O)N1C)C(=O)CN1CCCCCC1=O. The lowest BCUT2D eigenvalue weighted by Gasteiger charge is -2.31. The number of para-hydroxylation sites is 1. The van der Waals surface area contributed by atoms with Gasteiger partial charge in [-0.1, -0.05) is 24.6 Å². The molecule has 1 fully saturated rings. The van der Waals surface area contributed by atoms with E-state index in [-0.39, 0.29) is 36.8 Å². The maximum Gasteiger partial charge on any atom is 0.260 e. The molecular formula is C28H42N4O5. The molecule has 1 saturated heterocycles. The Hall–Kier alpha value is -3.10. The van der Waals surface area contributed by atoms with Gasteiger partial charge in [0.2, 0.25) is 17.7 Å². The first-order valence-electron chi connectivity index (χ1n) is 13.5.